The average Bonchev–Trinajstić information content (AvgIpc) is 2.70. The Hall–Kier alpha value is -2.42. The minimum atomic E-state index is -0.555. The van der Waals surface area contributed by atoms with Gasteiger partial charge in [-0.25, -0.2) is 9.18 Å². The number of likely N-dealkylation sites (N-methyl/N-ethyl adjacent to an activating group) is 1. The fourth-order valence-corrected chi connectivity index (χ4v) is 3.83. The van der Waals surface area contributed by atoms with Crippen molar-refractivity contribution >= 4 is 23.3 Å². The number of aromatic nitrogens is 1. The van der Waals surface area contributed by atoms with Gasteiger partial charge in [0, 0.05) is 29.6 Å². The van der Waals surface area contributed by atoms with E-state index in [9.17, 15) is 14.0 Å². The number of anilines is 1. The summed E-state index contributed by atoms with van der Waals surface area (Å²) in [5.41, 5.74) is 3.35. The second-order valence-electron chi connectivity index (χ2n) is 6.81. The van der Waals surface area contributed by atoms with E-state index in [1.54, 1.807) is 7.05 Å². The number of nitrogens with one attached hydrogen (secondary N) is 2. The molecular weight excluding hydrogens is 389 g/mol. The molecule has 4 rings (SSSR count). The Kier molecular flexibility index (Phi) is 5.09. The number of fused-ring (bicyclic) bond motifs is 3. The van der Waals surface area contributed by atoms with Gasteiger partial charge < -0.3 is 24.7 Å². The van der Waals surface area contributed by atoms with Gasteiger partial charge in [-0.15, -0.1) is 0 Å². The van der Waals surface area contributed by atoms with Crippen LogP contribution in [0.3, 0.4) is 0 Å². The van der Waals surface area contributed by atoms with Crippen LogP contribution in [0.15, 0.2) is 23.0 Å². The Labute approximate surface area is 165 Å². The van der Waals surface area contributed by atoms with Crippen LogP contribution in [-0.4, -0.2) is 36.2 Å². The molecule has 2 N–H and O–H groups in total. The molecule has 2 aromatic rings. The van der Waals surface area contributed by atoms with Crippen molar-refractivity contribution in [3.05, 3.63) is 61.8 Å². The number of halogens is 2. The Morgan fingerprint density at radius 1 is 1.32 bits per heavy atom. The first-order valence-electron chi connectivity index (χ1n) is 8.87. The molecule has 2 amide bonds. The van der Waals surface area contributed by atoms with Crippen LogP contribution < -0.4 is 10.9 Å². The first-order valence-corrected chi connectivity index (χ1v) is 9.24. The van der Waals surface area contributed by atoms with Crippen molar-refractivity contribution in [1.29, 1.82) is 0 Å². The van der Waals surface area contributed by atoms with Gasteiger partial charge in [-0.05, 0) is 30.2 Å². The number of benzene rings is 1. The molecule has 1 aromatic heterocycles. The molecule has 0 spiro atoms. The van der Waals surface area contributed by atoms with Gasteiger partial charge in [0.1, 0.15) is 5.82 Å². The van der Waals surface area contributed by atoms with Crippen LogP contribution in [0.5, 0.6) is 0 Å². The summed E-state index contributed by atoms with van der Waals surface area (Å²) in [5, 5.41) is 2.64. The number of nitrogens with zero attached hydrogens (tertiary/aromatic N) is 1. The highest BCUT2D eigenvalue weighted by atomic mass is 35.5. The number of carbonyl (C=O) groups is 1. The number of pyridine rings is 1. The number of rotatable bonds is 2. The van der Waals surface area contributed by atoms with E-state index in [2.05, 4.69) is 10.3 Å². The van der Waals surface area contributed by atoms with Crippen LogP contribution in [0.1, 0.15) is 28.4 Å². The van der Waals surface area contributed by atoms with Crippen LogP contribution in [0.25, 0.3) is 0 Å². The van der Waals surface area contributed by atoms with E-state index < -0.39 is 11.8 Å². The van der Waals surface area contributed by atoms with Crippen LogP contribution in [0.2, 0.25) is 5.02 Å². The number of aromatic amines is 1. The molecule has 1 atom stereocenters. The molecule has 148 valence electrons. The smallest absolute Gasteiger partial charge is 0.322 e. The third-order valence-corrected chi connectivity index (χ3v) is 5.40. The maximum atomic E-state index is 13.3. The minimum Gasteiger partial charge on any atom is -0.376 e. The lowest BCUT2D eigenvalue weighted by atomic mass is 9.91. The molecule has 0 aliphatic carbocycles. The SMILES string of the molecule is CN(C(=O)Nc1ccc(F)c(Cl)c1)[C@@H]1COCc2[nH]c(=O)c3c(c21)CCOC3. The average molecular weight is 408 g/mol. The fraction of sp³-hybridized carbons (Fsp3) is 0.368. The van der Waals surface area contributed by atoms with Gasteiger partial charge in [0.15, 0.2) is 0 Å². The maximum Gasteiger partial charge on any atom is 0.322 e. The van der Waals surface area contributed by atoms with Crippen molar-refractivity contribution in [2.45, 2.75) is 25.7 Å². The molecule has 0 bridgehead atoms. The Morgan fingerprint density at radius 2 is 2.14 bits per heavy atom. The number of amides is 2. The summed E-state index contributed by atoms with van der Waals surface area (Å²) in [4.78, 5) is 29.5. The summed E-state index contributed by atoms with van der Waals surface area (Å²) in [6.45, 7) is 1.38. The first-order chi connectivity index (χ1) is 13.5. The molecule has 2 aliphatic heterocycles. The molecule has 2 aliphatic rings. The summed E-state index contributed by atoms with van der Waals surface area (Å²) >= 11 is 5.78. The number of H-pyrrole nitrogens is 1. The predicted molar refractivity (Wildman–Crippen MR) is 101 cm³/mol. The van der Waals surface area contributed by atoms with Crippen molar-refractivity contribution in [3.8, 4) is 0 Å². The van der Waals surface area contributed by atoms with Gasteiger partial charge in [-0.2, -0.15) is 0 Å². The molecule has 3 heterocycles. The largest absolute Gasteiger partial charge is 0.376 e. The lowest BCUT2D eigenvalue weighted by Crippen LogP contribution is -2.41. The van der Waals surface area contributed by atoms with Crippen molar-refractivity contribution in [2.75, 3.05) is 25.6 Å². The van der Waals surface area contributed by atoms with Gasteiger partial charge in [-0.1, -0.05) is 11.6 Å². The normalized spacial score (nSPS) is 18.2. The van der Waals surface area contributed by atoms with Gasteiger partial charge in [0.05, 0.1) is 37.5 Å². The topological polar surface area (TPSA) is 83.7 Å². The van der Waals surface area contributed by atoms with Crippen LogP contribution in [0, 0.1) is 5.82 Å². The van der Waals surface area contributed by atoms with Crippen molar-refractivity contribution in [2.24, 2.45) is 0 Å². The molecule has 0 radical (unpaired) electrons. The van der Waals surface area contributed by atoms with E-state index in [1.165, 1.54) is 23.1 Å². The molecule has 0 unspecified atom stereocenters. The van der Waals surface area contributed by atoms with E-state index in [1.807, 2.05) is 0 Å². The fourth-order valence-electron chi connectivity index (χ4n) is 3.65. The molecule has 7 nitrogen and oxygen atoms in total. The van der Waals surface area contributed by atoms with E-state index in [4.69, 9.17) is 21.1 Å². The molecule has 0 saturated heterocycles. The second-order valence-corrected chi connectivity index (χ2v) is 7.21. The zero-order valence-corrected chi connectivity index (χ0v) is 15.9. The molecule has 1 aromatic carbocycles. The van der Waals surface area contributed by atoms with Crippen molar-refractivity contribution in [1.82, 2.24) is 9.88 Å². The van der Waals surface area contributed by atoms with Gasteiger partial charge >= 0.3 is 6.03 Å². The standard InChI is InChI=1S/C19H19ClFN3O4/c1-24(19(26)22-10-2-3-14(21)13(20)6-10)16-9-28-8-15-17(16)11-4-5-27-7-12(11)18(25)23-15/h2-3,6,16H,4-5,7-9H2,1H3,(H,22,26)(H,23,25)/t16-/m1/s1. The molecule has 0 saturated carbocycles. The lowest BCUT2D eigenvalue weighted by molar-refractivity contribution is 0.0491. The summed E-state index contributed by atoms with van der Waals surface area (Å²) in [7, 11) is 1.65. The Morgan fingerprint density at radius 3 is 2.93 bits per heavy atom. The number of hydrogen-bond donors (Lipinski definition) is 2. The van der Waals surface area contributed by atoms with Gasteiger partial charge in [0.25, 0.3) is 5.56 Å². The zero-order valence-electron chi connectivity index (χ0n) is 15.2. The highest BCUT2D eigenvalue weighted by Gasteiger charge is 2.33. The molecule has 9 heteroatoms. The zero-order chi connectivity index (χ0) is 19.8. The van der Waals surface area contributed by atoms with Crippen LogP contribution in [0.4, 0.5) is 14.9 Å². The highest BCUT2D eigenvalue weighted by molar-refractivity contribution is 6.31. The predicted octanol–water partition coefficient (Wildman–Crippen LogP) is 2.98. The number of ether oxygens (including phenoxy) is 2. The Bertz CT molecular complexity index is 994. The minimum absolute atomic E-state index is 0.0709. The number of hydrogen-bond acceptors (Lipinski definition) is 4. The molecule has 28 heavy (non-hydrogen) atoms. The van der Waals surface area contributed by atoms with E-state index in [0.717, 1.165) is 11.1 Å². The van der Waals surface area contributed by atoms with E-state index >= 15 is 0 Å². The third-order valence-electron chi connectivity index (χ3n) is 5.11. The second kappa shape index (κ2) is 7.54. The van der Waals surface area contributed by atoms with Gasteiger partial charge in [-0.3, -0.25) is 4.79 Å². The number of urea groups is 1. The highest BCUT2D eigenvalue weighted by Crippen LogP contribution is 2.33. The monoisotopic (exact) mass is 407 g/mol. The third kappa shape index (κ3) is 3.39. The van der Waals surface area contributed by atoms with Gasteiger partial charge in [0.2, 0.25) is 0 Å². The Balaban J connectivity index is 1.64. The van der Waals surface area contributed by atoms with E-state index in [0.29, 0.717) is 36.6 Å². The molecule has 0 fully saturated rings. The van der Waals surface area contributed by atoms with Crippen LogP contribution in [-0.2, 0) is 29.1 Å². The lowest BCUT2D eigenvalue weighted by Gasteiger charge is -2.35. The van der Waals surface area contributed by atoms with Crippen LogP contribution >= 0.6 is 11.6 Å². The summed E-state index contributed by atoms with van der Waals surface area (Å²) in [6, 6.07) is 3.22. The first kappa shape index (κ1) is 18.9. The van der Waals surface area contributed by atoms with Crippen molar-refractivity contribution in [3.63, 3.8) is 0 Å². The summed E-state index contributed by atoms with van der Waals surface area (Å²) in [6.07, 6.45) is 0.612. The number of carbonyl (C=O) groups excluding carboxylic acids is 1. The summed E-state index contributed by atoms with van der Waals surface area (Å²) in [5.74, 6) is -0.555. The summed E-state index contributed by atoms with van der Waals surface area (Å²) < 4.78 is 24.4. The van der Waals surface area contributed by atoms with E-state index in [-0.39, 0.29) is 29.8 Å². The molecular formula is C19H19ClFN3O4. The van der Waals surface area contributed by atoms with Crippen molar-refractivity contribution < 1.29 is 18.7 Å². The maximum absolute atomic E-state index is 13.3. The quantitative estimate of drug-likeness (QED) is 0.801.